The van der Waals surface area contributed by atoms with Crippen molar-refractivity contribution in [2.75, 3.05) is 0 Å². The molecule has 4 rings (SSSR count). The second kappa shape index (κ2) is 11.0. The summed E-state index contributed by atoms with van der Waals surface area (Å²) in [5.74, 6) is -1.83. The van der Waals surface area contributed by atoms with Crippen LogP contribution in [0.2, 0.25) is 5.02 Å². The van der Waals surface area contributed by atoms with Crippen LogP contribution in [0.5, 0.6) is 0 Å². The molecule has 35 heavy (non-hydrogen) atoms. The number of aliphatic carboxylic acids is 1. The third-order valence-corrected chi connectivity index (χ3v) is 6.54. The Balaban J connectivity index is 1.83. The van der Waals surface area contributed by atoms with Crippen molar-refractivity contribution in [1.29, 1.82) is 0 Å². The second-order valence-corrected chi connectivity index (χ2v) is 9.11. The van der Waals surface area contributed by atoms with Gasteiger partial charge in [-0.3, -0.25) is 4.79 Å². The van der Waals surface area contributed by atoms with Crippen molar-refractivity contribution in [1.82, 2.24) is 4.90 Å². The number of halogens is 2. The van der Waals surface area contributed by atoms with Crippen molar-refractivity contribution >= 4 is 23.5 Å². The molecule has 1 N–H and O–H groups in total. The number of carbonyl (C=O) groups is 2. The fourth-order valence-electron chi connectivity index (χ4n) is 4.63. The van der Waals surface area contributed by atoms with E-state index in [1.54, 1.807) is 36.4 Å². The van der Waals surface area contributed by atoms with Gasteiger partial charge in [0.05, 0.1) is 6.04 Å². The number of ether oxygens (including phenoxy) is 1. The molecule has 4 atom stereocenters. The Hall–Kier alpha value is -3.22. The minimum atomic E-state index is -1.06. The first-order valence-corrected chi connectivity index (χ1v) is 12.0. The topological polar surface area (TPSA) is 66.8 Å². The zero-order valence-electron chi connectivity index (χ0n) is 19.3. The third kappa shape index (κ3) is 5.55. The van der Waals surface area contributed by atoms with Crippen LogP contribution in [0.1, 0.15) is 48.6 Å². The SMILES string of the molecule is CCCC(C(=O)O)N1C(=O)[C@@H](Cc2ccc(F)cc2)O[C@H](c2ccccc2)[C@@H]1c1ccc(Cl)cc1. The summed E-state index contributed by atoms with van der Waals surface area (Å²) in [5, 5.41) is 10.7. The number of carbonyl (C=O) groups excluding carboxylic acids is 1. The number of nitrogens with zero attached hydrogens (tertiary/aromatic N) is 1. The number of amides is 1. The monoisotopic (exact) mass is 495 g/mol. The van der Waals surface area contributed by atoms with Crippen molar-refractivity contribution < 1.29 is 23.8 Å². The van der Waals surface area contributed by atoms with Crippen LogP contribution < -0.4 is 0 Å². The van der Waals surface area contributed by atoms with Crippen molar-refractivity contribution in [3.8, 4) is 0 Å². The zero-order valence-corrected chi connectivity index (χ0v) is 20.1. The molecule has 1 fully saturated rings. The first-order valence-electron chi connectivity index (χ1n) is 11.6. The average molecular weight is 496 g/mol. The molecule has 0 bridgehead atoms. The van der Waals surface area contributed by atoms with Gasteiger partial charge in [0.25, 0.3) is 5.91 Å². The highest BCUT2D eigenvalue weighted by Crippen LogP contribution is 2.44. The van der Waals surface area contributed by atoms with Gasteiger partial charge in [0.15, 0.2) is 0 Å². The quantitative estimate of drug-likeness (QED) is 0.417. The Morgan fingerprint density at radius 3 is 2.29 bits per heavy atom. The number of hydrogen-bond acceptors (Lipinski definition) is 3. The summed E-state index contributed by atoms with van der Waals surface area (Å²) in [5.41, 5.74) is 2.29. The third-order valence-electron chi connectivity index (χ3n) is 6.28. The standard InChI is InChI=1S/C28H27ClFNO4/c1-2-6-23(28(33)34)31-25(19-11-13-21(29)14-12-19)26(20-7-4-3-5-8-20)35-24(27(31)32)17-18-9-15-22(30)16-10-18/h3-5,7-16,23-26H,2,6,17H2,1H3,(H,33,34)/t23?,24-,25+,26-/m1/s1. The number of carboxylic acids is 1. The van der Waals surface area contributed by atoms with Gasteiger partial charge in [-0.25, -0.2) is 9.18 Å². The van der Waals surface area contributed by atoms with E-state index in [1.807, 2.05) is 37.3 Å². The minimum Gasteiger partial charge on any atom is -0.480 e. The number of rotatable bonds is 8. The molecule has 0 spiro atoms. The Labute approximate surface area is 209 Å². The first kappa shape index (κ1) is 24.9. The molecule has 0 radical (unpaired) electrons. The van der Waals surface area contributed by atoms with Crippen molar-refractivity contribution in [2.24, 2.45) is 0 Å². The predicted octanol–water partition coefficient (Wildman–Crippen LogP) is 5.98. The minimum absolute atomic E-state index is 0.199. The Kier molecular flexibility index (Phi) is 7.83. The molecule has 1 saturated heterocycles. The van der Waals surface area contributed by atoms with Crippen LogP contribution in [0.15, 0.2) is 78.9 Å². The highest BCUT2D eigenvalue weighted by molar-refractivity contribution is 6.30. The summed E-state index contributed by atoms with van der Waals surface area (Å²) in [6, 6.07) is 20.7. The smallest absolute Gasteiger partial charge is 0.326 e. The highest BCUT2D eigenvalue weighted by atomic mass is 35.5. The van der Waals surface area contributed by atoms with Gasteiger partial charge in [-0.05, 0) is 47.4 Å². The highest BCUT2D eigenvalue weighted by Gasteiger charge is 2.48. The van der Waals surface area contributed by atoms with Gasteiger partial charge in [0.2, 0.25) is 0 Å². The van der Waals surface area contributed by atoms with Crippen LogP contribution >= 0.6 is 11.6 Å². The van der Waals surface area contributed by atoms with E-state index in [1.165, 1.54) is 17.0 Å². The van der Waals surface area contributed by atoms with E-state index < -0.39 is 36.2 Å². The molecule has 5 nitrogen and oxygen atoms in total. The van der Waals surface area contributed by atoms with Crippen molar-refractivity contribution in [2.45, 2.75) is 50.5 Å². The largest absolute Gasteiger partial charge is 0.480 e. The summed E-state index contributed by atoms with van der Waals surface area (Å²) in [6.07, 6.45) is -0.444. The van der Waals surface area contributed by atoms with E-state index in [9.17, 15) is 19.1 Å². The van der Waals surface area contributed by atoms with Crippen LogP contribution in [-0.4, -0.2) is 34.0 Å². The second-order valence-electron chi connectivity index (χ2n) is 8.67. The Morgan fingerprint density at radius 2 is 1.69 bits per heavy atom. The lowest BCUT2D eigenvalue weighted by molar-refractivity contribution is -0.184. The molecular formula is C28H27ClFNO4. The van der Waals surface area contributed by atoms with Gasteiger partial charge < -0.3 is 14.7 Å². The summed E-state index contributed by atoms with van der Waals surface area (Å²) >= 11 is 6.12. The fourth-order valence-corrected chi connectivity index (χ4v) is 4.76. The summed E-state index contributed by atoms with van der Waals surface area (Å²) in [4.78, 5) is 27.8. The lowest BCUT2D eigenvalue weighted by Crippen LogP contribution is -2.57. The molecule has 1 heterocycles. The molecule has 3 aromatic rings. The molecular weight excluding hydrogens is 469 g/mol. The molecule has 0 aliphatic carbocycles. The molecule has 182 valence electrons. The van der Waals surface area contributed by atoms with Gasteiger partial charge in [-0.1, -0.05) is 79.5 Å². The zero-order chi connectivity index (χ0) is 24.9. The van der Waals surface area contributed by atoms with E-state index in [2.05, 4.69) is 0 Å². The number of benzene rings is 3. The summed E-state index contributed by atoms with van der Waals surface area (Å²) < 4.78 is 19.9. The maximum absolute atomic E-state index is 13.9. The van der Waals surface area contributed by atoms with E-state index >= 15 is 0 Å². The van der Waals surface area contributed by atoms with Gasteiger partial charge in [0.1, 0.15) is 24.1 Å². The number of morpholine rings is 1. The van der Waals surface area contributed by atoms with E-state index in [4.69, 9.17) is 16.3 Å². The molecule has 1 aliphatic heterocycles. The molecule has 1 aliphatic rings. The average Bonchev–Trinajstić information content (AvgIpc) is 2.86. The lowest BCUT2D eigenvalue weighted by atomic mass is 9.88. The van der Waals surface area contributed by atoms with E-state index in [0.717, 1.165) is 16.7 Å². The molecule has 0 saturated carbocycles. The Morgan fingerprint density at radius 1 is 1.03 bits per heavy atom. The normalized spacial score (nSPS) is 21.1. The van der Waals surface area contributed by atoms with Gasteiger partial charge in [-0.15, -0.1) is 0 Å². The first-order chi connectivity index (χ1) is 16.9. The Bertz CT molecular complexity index is 1150. The van der Waals surface area contributed by atoms with Crippen LogP contribution in [-0.2, 0) is 20.7 Å². The molecule has 0 aromatic heterocycles. The number of hydrogen-bond donors (Lipinski definition) is 1. The summed E-state index contributed by atoms with van der Waals surface area (Å²) in [7, 11) is 0. The van der Waals surface area contributed by atoms with Gasteiger partial charge in [-0.2, -0.15) is 0 Å². The maximum Gasteiger partial charge on any atom is 0.326 e. The number of carboxylic acid groups (broad SMARTS) is 1. The lowest BCUT2D eigenvalue weighted by Gasteiger charge is -2.47. The predicted molar refractivity (Wildman–Crippen MR) is 132 cm³/mol. The summed E-state index contributed by atoms with van der Waals surface area (Å²) in [6.45, 7) is 1.89. The maximum atomic E-state index is 13.9. The van der Waals surface area contributed by atoms with Crippen LogP contribution in [0.3, 0.4) is 0 Å². The van der Waals surface area contributed by atoms with Crippen molar-refractivity contribution in [3.05, 3.63) is 106 Å². The van der Waals surface area contributed by atoms with E-state index in [-0.39, 0.29) is 12.2 Å². The molecule has 7 heteroatoms. The molecule has 1 amide bonds. The molecule has 3 aromatic carbocycles. The van der Waals surface area contributed by atoms with Gasteiger partial charge >= 0.3 is 5.97 Å². The van der Waals surface area contributed by atoms with Crippen LogP contribution in [0.4, 0.5) is 4.39 Å². The molecule has 1 unspecified atom stereocenters. The van der Waals surface area contributed by atoms with Crippen LogP contribution in [0.25, 0.3) is 0 Å². The van der Waals surface area contributed by atoms with Crippen LogP contribution in [0, 0.1) is 5.82 Å². The fraction of sp³-hybridized carbons (Fsp3) is 0.286. The van der Waals surface area contributed by atoms with Crippen molar-refractivity contribution in [3.63, 3.8) is 0 Å². The van der Waals surface area contributed by atoms with Gasteiger partial charge in [0, 0.05) is 11.4 Å². The van der Waals surface area contributed by atoms with E-state index in [0.29, 0.717) is 17.9 Å².